The molecule has 1 aliphatic heterocycles. The summed E-state index contributed by atoms with van der Waals surface area (Å²) in [4.78, 5) is 11.2. The van der Waals surface area contributed by atoms with Gasteiger partial charge in [0.2, 0.25) is 0 Å². The minimum atomic E-state index is -0.158. The van der Waals surface area contributed by atoms with Gasteiger partial charge in [0.05, 0.1) is 0 Å². The second kappa shape index (κ2) is 4.81. The Hall–Kier alpha value is -0.100. The number of esters is 1. The summed E-state index contributed by atoms with van der Waals surface area (Å²) in [6.45, 7) is 4.68. The highest BCUT2D eigenvalue weighted by molar-refractivity contribution is 14.1. The van der Waals surface area contributed by atoms with Gasteiger partial charge in [-0.1, -0.05) is 35.2 Å². The summed E-state index contributed by atoms with van der Waals surface area (Å²) in [7, 11) is 0. The van der Waals surface area contributed by atoms with E-state index in [0.29, 0.717) is 10.5 Å². The van der Waals surface area contributed by atoms with Crippen LogP contribution in [0.3, 0.4) is 0 Å². The number of hydrogen-bond acceptors (Lipinski definition) is 3. The molecule has 0 bridgehead atoms. The van der Waals surface area contributed by atoms with E-state index in [2.05, 4.69) is 34.5 Å². The summed E-state index contributed by atoms with van der Waals surface area (Å²) in [5.74, 6) is -0.158. The normalized spacial score (nSPS) is 28.4. The highest BCUT2D eigenvalue weighted by atomic mass is 127. The molecule has 1 N–H and O–H groups in total. The van der Waals surface area contributed by atoms with Gasteiger partial charge in [-0.25, -0.2) is 0 Å². The first-order valence-corrected chi connectivity index (χ1v) is 5.13. The minimum Gasteiger partial charge on any atom is -0.460 e. The van der Waals surface area contributed by atoms with Gasteiger partial charge in [0.25, 0.3) is 0 Å². The predicted molar refractivity (Wildman–Crippen MR) is 55.4 cm³/mol. The molecule has 0 aromatic carbocycles. The molecule has 1 rings (SSSR count). The smallest absolute Gasteiger partial charge is 0.323 e. The van der Waals surface area contributed by atoms with Crippen molar-refractivity contribution in [2.45, 2.75) is 16.4 Å². The number of rotatable bonds is 3. The largest absolute Gasteiger partial charge is 0.460 e. The van der Waals surface area contributed by atoms with Crippen molar-refractivity contribution in [3.63, 3.8) is 0 Å². The van der Waals surface area contributed by atoms with Crippen molar-refractivity contribution in [2.24, 2.45) is 0 Å². The molecule has 1 fully saturated rings. The number of hydrogen-bond donors (Lipinski definition) is 1. The van der Waals surface area contributed by atoms with Crippen molar-refractivity contribution in [1.29, 1.82) is 0 Å². The van der Waals surface area contributed by atoms with Crippen LogP contribution in [0.25, 0.3) is 0 Å². The summed E-state index contributed by atoms with van der Waals surface area (Å²) >= 11 is 2.33. The number of halogens is 1. The molecule has 4 heteroatoms. The summed E-state index contributed by atoms with van der Waals surface area (Å²) in [6, 6.07) is -0.105. The van der Waals surface area contributed by atoms with Crippen LogP contribution in [0.15, 0.2) is 12.7 Å². The molecular formula is C8H12INO2. The fraction of sp³-hybridized carbons (Fsp3) is 0.625. The molecule has 0 radical (unpaired) electrons. The van der Waals surface area contributed by atoms with Crippen LogP contribution in [0.2, 0.25) is 0 Å². The van der Waals surface area contributed by atoms with Crippen LogP contribution in [-0.2, 0) is 9.53 Å². The molecule has 1 heterocycles. The van der Waals surface area contributed by atoms with Crippen molar-refractivity contribution >= 4 is 28.6 Å². The van der Waals surface area contributed by atoms with Crippen LogP contribution in [0.1, 0.15) is 6.42 Å². The standard InChI is InChI=1S/C8H12INO2/c1-2-3-12-8(11)7-4-6(9)5-10-7/h2,6-7,10H,1,3-5H2/t6-,7?/m1/s1. The topological polar surface area (TPSA) is 38.3 Å². The third-order valence-electron chi connectivity index (χ3n) is 1.71. The van der Waals surface area contributed by atoms with Gasteiger partial charge in [0.15, 0.2) is 0 Å². The molecule has 1 aliphatic rings. The van der Waals surface area contributed by atoms with E-state index < -0.39 is 0 Å². The first-order chi connectivity index (χ1) is 5.74. The lowest BCUT2D eigenvalue weighted by atomic mass is 10.2. The van der Waals surface area contributed by atoms with Crippen LogP contribution in [0, 0.1) is 0 Å². The van der Waals surface area contributed by atoms with Crippen LogP contribution in [0.4, 0.5) is 0 Å². The van der Waals surface area contributed by atoms with Crippen molar-refractivity contribution in [2.75, 3.05) is 13.2 Å². The average molecular weight is 281 g/mol. The molecule has 12 heavy (non-hydrogen) atoms. The van der Waals surface area contributed by atoms with E-state index >= 15 is 0 Å². The second-order valence-corrected chi connectivity index (χ2v) is 4.47. The first-order valence-electron chi connectivity index (χ1n) is 3.89. The van der Waals surface area contributed by atoms with E-state index in [9.17, 15) is 4.79 Å². The van der Waals surface area contributed by atoms with Crippen molar-refractivity contribution in [3.05, 3.63) is 12.7 Å². The molecule has 1 unspecified atom stereocenters. The van der Waals surface area contributed by atoms with Crippen LogP contribution in [0.5, 0.6) is 0 Å². The molecule has 2 atom stereocenters. The van der Waals surface area contributed by atoms with Gasteiger partial charge in [-0.15, -0.1) is 0 Å². The number of alkyl halides is 1. The van der Waals surface area contributed by atoms with E-state index in [1.54, 1.807) is 6.08 Å². The van der Waals surface area contributed by atoms with Gasteiger partial charge < -0.3 is 10.1 Å². The molecule has 0 aromatic heterocycles. The first kappa shape index (κ1) is 9.98. The zero-order valence-electron chi connectivity index (χ0n) is 6.75. The number of carbonyl (C=O) groups is 1. The van der Waals surface area contributed by atoms with Crippen molar-refractivity contribution in [1.82, 2.24) is 5.32 Å². The Labute approximate surface area is 85.7 Å². The molecule has 68 valence electrons. The van der Waals surface area contributed by atoms with Gasteiger partial charge in [0, 0.05) is 10.5 Å². The Kier molecular flexibility index (Phi) is 4.00. The lowest BCUT2D eigenvalue weighted by Crippen LogP contribution is -2.32. The lowest BCUT2D eigenvalue weighted by Gasteiger charge is -2.07. The van der Waals surface area contributed by atoms with Gasteiger partial charge in [-0.2, -0.15) is 0 Å². The Bertz CT molecular complexity index is 184. The Balaban J connectivity index is 2.28. The number of nitrogens with one attached hydrogen (secondary N) is 1. The van der Waals surface area contributed by atoms with Gasteiger partial charge in [-0.05, 0) is 6.42 Å². The number of ether oxygens (including phenoxy) is 1. The maximum atomic E-state index is 11.2. The lowest BCUT2D eigenvalue weighted by molar-refractivity contribution is -0.144. The SMILES string of the molecule is C=CCOC(=O)C1C[C@@H](I)CN1. The summed E-state index contributed by atoms with van der Waals surface area (Å²) in [5, 5.41) is 3.10. The minimum absolute atomic E-state index is 0.105. The van der Waals surface area contributed by atoms with E-state index in [4.69, 9.17) is 4.74 Å². The van der Waals surface area contributed by atoms with E-state index in [0.717, 1.165) is 13.0 Å². The summed E-state index contributed by atoms with van der Waals surface area (Å²) in [5.41, 5.74) is 0. The van der Waals surface area contributed by atoms with E-state index in [1.807, 2.05) is 0 Å². The second-order valence-electron chi connectivity index (χ2n) is 2.71. The van der Waals surface area contributed by atoms with Crippen molar-refractivity contribution in [3.8, 4) is 0 Å². The predicted octanol–water partition coefficient (Wildman–Crippen LogP) is 0.881. The van der Waals surface area contributed by atoms with Gasteiger partial charge in [-0.3, -0.25) is 4.79 Å². The number of carbonyl (C=O) groups excluding carboxylic acids is 1. The van der Waals surface area contributed by atoms with Crippen molar-refractivity contribution < 1.29 is 9.53 Å². The maximum Gasteiger partial charge on any atom is 0.323 e. The highest BCUT2D eigenvalue weighted by Gasteiger charge is 2.28. The van der Waals surface area contributed by atoms with Crippen LogP contribution < -0.4 is 5.32 Å². The third kappa shape index (κ3) is 2.75. The van der Waals surface area contributed by atoms with E-state index in [1.165, 1.54) is 0 Å². The fourth-order valence-corrected chi connectivity index (χ4v) is 1.88. The highest BCUT2D eigenvalue weighted by Crippen LogP contribution is 2.15. The maximum absolute atomic E-state index is 11.2. The summed E-state index contributed by atoms with van der Waals surface area (Å²) < 4.78 is 5.45. The third-order valence-corrected chi connectivity index (χ3v) is 2.65. The van der Waals surface area contributed by atoms with Crippen LogP contribution in [-0.4, -0.2) is 29.1 Å². The Morgan fingerprint density at radius 1 is 1.83 bits per heavy atom. The van der Waals surface area contributed by atoms with E-state index in [-0.39, 0.29) is 12.0 Å². The zero-order chi connectivity index (χ0) is 8.97. The monoisotopic (exact) mass is 281 g/mol. The van der Waals surface area contributed by atoms with Gasteiger partial charge >= 0.3 is 5.97 Å². The fourth-order valence-electron chi connectivity index (χ4n) is 1.11. The molecule has 0 saturated carbocycles. The summed E-state index contributed by atoms with van der Waals surface area (Å²) in [6.07, 6.45) is 2.45. The molecular weight excluding hydrogens is 269 g/mol. The van der Waals surface area contributed by atoms with Gasteiger partial charge in [0.1, 0.15) is 12.6 Å². The molecule has 0 amide bonds. The molecule has 0 spiro atoms. The zero-order valence-corrected chi connectivity index (χ0v) is 8.91. The average Bonchev–Trinajstić information content (AvgIpc) is 2.47. The molecule has 0 aliphatic carbocycles. The molecule has 1 saturated heterocycles. The molecule has 3 nitrogen and oxygen atoms in total. The Morgan fingerprint density at radius 3 is 3.08 bits per heavy atom. The Morgan fingerprint density at radius 2 is 2.58 bits per heavy atom. The quantitative estimate of drug-likeness (QED) is 0.361. The molecule has 0 aromatic rings. The van der Waals surface area contributed by atoms with Crippen LogP contribution >= 0.6 is 22.6 Å².